The number of urea groups is 1. The number of nitrogens with one attached hydrogen (secondary N) is 1. The van der Waals surface area contributed by atoms with E-state index in [1.807, 2.05) is 22.7 Å². The summed E-state index contributed by atoms with van der Waals surface area (Å²) < 4.78 is 7.49. The molecular formula is C16H24N4O2. The molecule has 0 unspecified atom stereocenters. The van der Waals surface area contributed by atoms with Gasteiger partial charge in [-0.15, -0.1) is 0 Å². The number of carbonyl (C=O) groups is 1. The highest BCUT2D eigenvalue weighted by atomic mass is 16.5. The first-order chi connectivity index (χ1) is 10.7. The van der Waals surface area contributed by atoms with Gasteiger partial charge in [0.25, 0.3) is 0 Å². The molecule has 3 fully saturated rings. The number of amides is 2. The number of ether oxygens (including phenoxy) is 1. The van der Waals surface area contributed by atoms with Gasteiger partial charge in [-0.25, -0.2) is 9.48 Å². The lowest BCUT2D eigenvalue weighted by molar-refractivity contribution is 0.154. The minimum absolute atomic E-state index is 0.00409. The van der Waals surface area contributed by atoms with Crippen LogP contribution in [0.15, 0.2) is 6.20 Å². The summed E-state index contributed by atoms with van der Waals surface area (Å²) in [7, 11) is 0. The number of aryl methyl sites for hydroxylation is 1. The second kappa shape index (κ2) is 5.26. The maximum absolute atomic E-state index is 12.6. The van der Waals surface area contributed by atoms with Crippen LogP contribution >= 0.6 is 0 Å². The first-order valence-corrected chi connectivity index (χ1v) is 8.31. The van der Waals surface area contributed by atoms with Crippen LogP contribution < -0.4 is 5.32 Å². The third-order valence-corrected chi connectivity index (χ3v) is 5.29. The molecule has 2 saturated heterocycles. The zero-order chi connectivity index (χ0) is 15.2. The quantitative estimate of drug-likeness (QED) is 0.931. The largest absolute Gasteiger partial charge is 0.381 e. The molecule has 1 aromatic heterocycles. The van der Waals surface area contributed by atoms with Gasteiger partial charge in [-0.05, 0) is 38.5 Å². The molecule has 1 N–H and O–H groups in total. The Morgan fingerprint density at radius 3 is 3.09 bits per heavy atom. The summed E-state index contributed by atoms with van der Waals surface area (Å²) in [6.07, 6.45) is 6.53. The van der Waals surface area contributed by atoms with Gasteiger partial charge in [0.1, 0.15) is 5.82 Å². The molecule has 2 amide bonds. The highest BCUT2D eigenvalue weighted by Crippen LogP contribution is 2.38. The molecule has 1 aromatic rings. The predicted octanol–water partition coefficient (Wildman–Crippen LogP) is 2.25. The molecule has 1 saturated carbocycles. The van der Waals surface area contributed by atoms with Gasteiger partial charge in [-0.3, -0.25) is 5.32 Å². The third kappa shape index (κ3) is 2.60. The van der Waals surface area contributed by atoms with Crippen molar-refractivity contribution in [3.63, 3.8) is 0 Å². The number of hydrogen-bond donors (Lipinski definition) is 1. The Hall–Kier alpha value is -1.56. The Morgan fingerprint density at radius 1 is 1.50 bits per heavy atom. The maximum atomic E-state index is 12.6. The number of rotatable bonds is 3. The van der Waals surface area contributed by atoms with Crippen molar-refractivity contribution >= 4 is 11.8 Å². The summed E-state index contributed by atoms with van der Waals surface area (Å²) in [5.41, 5.74) is 1.24. The Morgan fingerprint density at radius 2 is 2.36 bits per heavy atom. The molecule has 1 aliphatic carbocycles. The minimum atomic E-state index is 0.00409. The van der Waals surface area contributed by atoms with E-state index in [9.17, 15) is 4.79 Å². The monoisotopic (exact) mass is 304 g/mol. The molecule has 3 aliphatic rings. The summed E-state index contributed by atoms with van der Waals surface area (Å²) in [4.78, 5) is 14.5. The highest BCUT2D eigenvalue weighted by molar-refractivity contribution is 5.89. The van der Waals surface area contributed by atoms with E-state index < -0.39 is 0 Å². The zero-order valence-electron chi connectivity index (χ0n) is 13.2. The van der Waals surface area contributed by atoms with Crippen LogP contribution in [-0.2, 0) is 11.3 Å². The van der Waals surface area contributed by atoms with Gasteiger partial charge in [-0.2, -0.15) is 5.10 Å². The molecule has 120 valence electrons. The number of hydrogen-bond acceptors (Lipinski definition) is 3. The minimum Gasteiger partial charge on any atom is -0.381 e. The normalized spacial score (nSPS) is 27.8. The fourth-order valence-electron chi connectivity index (χ4n) is 3.59. The average Bonchev–Trinajstić information content (AvgIpc) is 2.92. The van der Waals surface area contributed by atoms with Crippen LogP contribution in [0.4, 0.5) is 10.6 Å². The second-order valence-corrected chi connectivity index (χ2v) is 7.21. The maximum Gasteiger partial charge on any atom is 0.323 e. The van der Waals surface area contributed by atoms with Gasteiger partial charge in [0.15, 0.2) is 0 Å². The number of nitrogens with zero attached hydrogens (tertiary/aromatic N) is 3. The van der Waals surface area contributed by atoms with Crippen LogP contribution in [0.1, 0.15) is 31.2 Å². The summed E-state index contributed by atoms with van der Waals surface area (Å²) in [5, 5.41) is 7.50. The van der Waals surface area contributed by atoms with E-state index in [-0.39, 0.29) is 11.4 Å². The van der Waals surface area contributed by atoms with Crippen LogP contribution in [0, 0.1) is 18.3 Å². The van der Waals surface area contributed by atoms with Crippen molar-refractivity contribution in [2.45, 2.75) is 39.2 Å². The van der Waals surface area contributed by atoms with Crippen molar-refractivity contribution in [2.24, 2.45) is 11.3 Å². The summed E-state index contributed by atoms with van der Waals surface area (Å²) in [6, 6.07) is 0.00409. The van der Waals surface area contributed by atoms with E-state index in [0.29, 0.717) is 0 Å². The predicted molar refractivity (Wildman–Crippen MR) is 82.8 cm³/mol. The van der Waals surface area contributed by atoms with Crippen LogP contribution in [-0.4, -0.2) is 47.0 Å². The third-order valence-electron chi connectivity index (χ3n) is 5.29. The lowest BCUT2D eigenvalue weighted by atomic mass is 9.87. The molecule has 22 heavy (non-hydrogen) atoms. The molecule has 1 atom stereocenters. The van der Waals surface area contributed by atoms with Crippen LogP contribution in [0.5, 0.6) is 0 Å². The van der Waals surface area contributed by atoms with Crippen molar-refractivity contribution < 1.29 is 9.53 Å². The Labute approximate surface area is 130 Å². The first-order valence-electron chi connectivity index (χ1n) is 8.31. The molecule has 6 heteroatoms. The van der Waals surface area contributed by atoms with E-state index in [4.69, 9.17) is 4.74 Å². The lowest BCUT2D eigenvalue weighted by Crippen LogP contribution is -2.36. The van der Waals surface area contributed by atoms with Crippen molar-refractivity contribution in [3.05, 3.63) is 11.8 Å². The molecular weight excluding hydrogens is 280 g/mol. The van der Waals surface area contributed by atoms with Gasteiger partial charge < -0.3 is 9.64 Å². The fraction of sp³-hybridized carbons (Fsp3) is 0.750. The Kier molecular flexibility index (Phi) is 3.36. The van der Waals surface area contributed by atoms with Crippen LogP contribution in [0.2, 0.25) is 0 Å². The van der Waals surface area contributed by atoms with Crippen molar-refractivity contribution in [1.82, 2.24) is 14.7 Å². The van der Waals surface area contributed by atoms with E-state index in [1.54, 1.807) is 0 Å². The standard InChI is InChI=1S/C16H24N4O2/c1-12-8-17-20(9-13-2-3-13)14(12)18-15(21)19-6-4-16(10-19)5-7-22-11-16/h8,13H,2-7,9-11H2,1H3,(H,18,21)/t16-/m1/s1. The van der Waals surface area contributed by atoms with Crippen LogP contribution in [0.3, 0.4) is 0 Å². The highest BCUT2D eigenvalue weighted by Gasteiger charge is 2.43. The fourth-order valence-corrected chi connectivity index (χ4v) is 3.59. The average molecular weight is 304 g/mol. The SMILES string of the molecule is Cc1cnn(CC2CC2)c1NC(=O)N1CC[C@@]2(CCOC2)C1. The van der Waals surface area contributed by atoms with Gasteiger partial charge in [-0.1, -0.05) is 0 Å². The molecule has 4 rings (SSSR count). The van der Waals surface area contributed by atoms with Crippen molar-refractivity contribution in [1.29, 1.82) is 0 Å². The van der Waals surface area contributed by atoms with E-state index in [2.05, 4.69) is 10.4 Å². The first kappa shape index (κ1) is 14.1. The number of aromatic nitrogens is 2. The van der Waals surface area contributed by atoms with E-state index in [1.165, 1.54) is 12.8 Å². The Balaban J connectivity index is 1.42. The smallest absolute Gasteiger partial charge is 0.323 e. The topological polar surface area (TPSA) is 59.4 Å². The molecule has 6 nitrogen and oxygen atoms in total. The van der Waals surface area contributed by atoms with Gasteiger partial charge >= 0.3 is 6.03 Å². The number of anilines is 1. The van der Waals surface area contributed by atoms with Crippen molar-refractivity contribution in [3.8, 4) is 0 Å². The molecule has 1 spiro atoms. The molecule has 0 radical (unpaired) electrons. The summed E-state index contributed by atoms with van der Waals surface area (Å²) >= 11 is 0. The zero-order valence-corrected chi connectivity index (χ0v) is 13.2. The Bertz CT molecular complexity index is 573. The second-order valence-electron chi connectivity index (χ2n) is 7.21. The van der Waals surface area contributed by atoms with Gasteiger partial charge in [0, 0.05) is 37.2 Å². The van der Waals surface area contributed by atoms with Crippen molar-refractivity contribution in [2.75, 3.05) is 31.6 Å². The van der Waals surface area contributed by atoms with E-state index >= 15 is 0 Å². The molecule has 0 aromatic carbocycles. The summed E-state index contributed by atoms with van der Waals surface area (Å²) in [5.74, 6) is 1.60. The molecule has 2 aliphatic heterocycles. The van der Waals surface area contributed by atoms with Gasteiger partial charge in [0.05, 0.1) is 12.8 Å². The van der Waals surface area contributed by atoms with Crippen LogP contribution in [0.25, 0.3) is 0 Å². The lowest BCUT2D eigenvalue weighted by Gasteiger charge is -2.22. The number of likely N-dealkylation sites (tertiary alicyclic amines) is 1. The molecule has 3 heterocycles. The summed E-state index contributed by atoms with van der Waals surface area (Å²) in [6.45, 7) is 6.20. The van der Waals surface area contributed by atoms with Gasteiger partial charge in [0.2, 0.25) is 0 Å². The molecule has 0 bridgehead atoms. The van der Waals surface area contributed by atoms with E-state index in [0.717, 1.165) is 63.0 Å². The number of carbonyl (C=O) groups excluding carboxylic acids is 1.